The van der Waals surface area contributed by atoms with Gasteiger partial charge in [-0.2, -0.15) is 0 Å². The van der Waals surface area contributed by atoms with Crippen LogP contribution in [0.3, 0.4) is 0 Å². The number of hydrogen-bond acceptors (Lipinski definition) is 2. The molecule has 94 valence electrons. The van der Waals surface area contributed by atoms with Gasteiger partial charge in [0.25, 0.3) is 0 Å². The minimum Gasteiger partial charge on any atom is -0.379 e. The average Bonchev–Trinajstić information content (AvgIpc) is 2.30. The minimum atomic E-state index is 0.200. The smallest absolute Gasteiger partial charge is 0.222 e. The number of likely N-dealkylation sites (tertiary alicyclic amines) is 1. The van der Waals surface area contributed by atoms with Crippen LogP contribution < -0.4 is 0 Å². The highest BCUT2D eigenvalue weighted by Gasteiger charge is 2.28. The van der Waals surface area contributed by atoms with Crippen LogP contribution in [0.5, 0.6) is 0 Å². The number of carbonyl (C=O) groups excluding carboxylic acids is 1. The molecule has 3 nitrogen and oxygen atoms in total. The van der Waals surface area contributed by atoms with E-state index in [9.17, 15) is 4.79 Å². The zero-order valence-corrected chi connectivity index (χ0v) is 11.0. The Labute approximate surface area is 103 Å². The lowest BCUT2D eigenvalue weighted by molar-refractivity contribution is -0.136. The van der Waals surface area contributed by atoms with Crippen molar-refractivity contribution in [2.75, 3.05) is 26.1 Å². The fourth-order valence-corrected chi connectivity index (χ4v) is 2.28. The Balaban J connectivity index is 2.33. The number of amides is 1. The van der Waals surface area contributed by atoms with E-state index in [0.29, 0.717) is 18.2 Å². The van der Waals surface area contributed by atoms with E-state index in [-0.39, 0.29) is 12.0 Å². The average molecular weight is 248 g/mol. The number of alkyl halides is 1. The van der Waals surface area contributed by atoms with Crippen LogP contribution in [0.1, 0.15) is 32.6 Å². The number of carbonyl (C=O) groups is 1. The van der Waals surface area contributed by atoms with Gasteiger partial charge in [0, 0.05) is 32.5 Å². The van der Waals surface area contributed by atoms with E-state index in [0.717, 1.165) is 32.4 Å². The number of rotatable bonds is 5. The van der Waals surface area contributed by atoms with Crippen molar-refractivity contribution >= 4 is 17.5 Å². The van der Waals surface area contributed by atoms with Crippen molar-refractivity contribution in [2.24, 2.45) is 5.92 Å². The van der Waals surface area contributed by atoms with Crippen molar-refractivity contribution in [3.8, 4) is 0 Å². The van der Waals surface area contributed by atoms with Gasteiger partial charge >= 0.3 is 0 Å². The molecule has 1 rings (SSSR count). The van der Waals surface area contributed by atoms with E-state index in [1.54, 1.807) is 7.11 Å². The lowest BCUT2D eigenvalue weighted by atomic mass is 9.95. The molecule has 1 amide bonds. The molecule has 0 radical (unpaired) electrons. The summed E-state index contributed by atoms with van der Waals surface area (Å²) in [5, 5.41) is 0. The number of piperidine rings is 1. The standard InChI is InChI=1S/C12H22ClNO2/c1-10-6-8-14(9-11(10)16-2)12(15)5-3-4-7-13/h10-11H,3-9H2,1-2H3. The predicted octanol–water partition coefficient (Wildman–Crippen LogP) is 2.28. The zero-order valence-electron chi connectivity index (χ0n) is 10.2. The van der Waals surface area contributed by atoms with Gasteiger partial charge in [0.1, 0.15) is 0 Å². The lowest BCUT2D eigenvalue weighted by Gasteiger charge is -2.36. The van der Waals surface area contributed by atoms with E-state index in [4.69, 9.17) is 16.3 Å². The van der Waals surface area contributed by atoms with Gasteiger partial charge in [-0.05, 0) is 25.2 Å². The molecule has 0 N–H and O–H groups in total. The van der Waals surface area contributed by atoms with Crippen molar-refractivity contribution < 1.29 is 9.53 Å². The van der Waals surface area contributed by atoms with Gasteiger partial charge in [0.15, 0.2) is 0 Å². The van der Waals surface area contributed by atoms with E-state index in [2.05, 4.69) is 6.92 Å². The minimum absolute atomic E-state index is 0.200. The molecule has 16 heavy (non-hydrogen) atoms. The molecule has 0 aliphatic carbocycles. The van der Waals surface area contributed by atoms with E-state index in [1.807, 2.05) is 4.90 Å². The van der Waals surface area contributed by atoms with Gasteiger partial charge in [-0.1, -0.05) is 6.92 Å². The number of halogens is 1. The molecule has 1 aliphatic rings. The molecule has 1 heterocycles. The Morgan fingerprint density at radius 1 is 1.50 bits per heavy atom. The number of nitrogens with zero attached hydrogens (tertiary/aromatic N) is 1. The second-order valence-electron chi connectivity index (χ2n) is 4.53. The van der Waals surface area contributed by atoms with Gasteiger partial charge in [-0.25, -0.2) is 0 Å². The van der Waals surface area contributed by atoms with Crippen molar-refractivity contribution in [3.63, 3.8) is 0 Å². The Morgan fingerprint density at radius 3 is 2.88 bits per heavy atom. The molecule has 0 spiro atoms. The monoisotopic (exact) mass is 247 g/mol. The Bertz CT molecular complexity index is 223. The molecule has 0 aromatic heterocycles. The van der Waals surface area contributed by atoms with Gasteiger partial charge in [-0.3, -0.25) is 4.79 Å². The molecule has 1 saturated heterocycles. The van der Waals surface area contributed by atoms with Crippen LogP contribution >= 0.6 is 11.6 Å². The third-order valence-electron chi connectivity index (χ3n) is 3.32. The Hall–Kier alpha value is -0.280. The van der Waals surface area contributed by atoms with Gasteiger partial charge in [0.2, 0.25) is 5.91 Å². The topological polar surface area (TPSA) is 29.5 Å². The summed E-state index contributed by atoms with van der Waals surface area (Å²) < 4.78 is 5.39. The maximum absolute atomic E-state index is 11.9. The van der Waals surface area contributed by atoms with Crippen LogP contribution in [0.4, 0.5) is 0 Å². The lowest BCUT2D eigenvalue weighted by Crippen LogP contribution is -2.46. The molecule has 2 unspecified atom stereocenters. The Morgan fingerprint density at radius 2 is 2.25 bits per heavy atom. The first kappa shape index (κ1) is 13.8. The summed E-state index contributed by atoms with van der Waals surface area (Å²) in [5.41, 5.74) is 0. The molecule has 2 atom stereocenters. The number of unbranched alkanes of at least 4 members (excludes halogenated alkanes) is 1. The van der Waals surface area contributed by atoms with Gasteiger partial charge in [-0.15, -0.1) is 11.6 Å². The van der Waals surface area contributed by atoms with Gasteiger partial charge < -0.3 is 9.64 Å². The second-order valence-corrected chi connectivity index (χ2v) is 4.90. The molecule has 0 bridgehead atoms. The maximum atomic E-state index is 11.9. The Kier molecular flexibility index (Phi) is 6.14. The fraction of sp³-hybridized carbons (Fsp3) is 0.917. The highest BCUT2D eigenvalue weighted by Crippen LogP contribution is 2.20. The summed E-state index contributed by atoms with van der Waals surface area (Å²) in [7, 11) is 1.72. The molecule has 0 aromatic carbocycles. The zero-order chi connectivity index (χ0) is 12.0. The first-order valence-electron chi connectivity index (χ1n) is 6.05. The quantitative estimate of drug-likeness (QED) is 0.551. The first-order valence-corrected chi connectivity index (χ1v) is 6.59. The van der Waals surface area contributed by atoms with Crippen LogP contribution in [0.15, 0.2) is 0 Å². The summed E-state index contributed by atoms with van der Waals surface area (Å²) in [5.74, 6) is 1.45. The van der Waals surface area contributed by atoms with Crippen molar-refractivity contribution in [1.29, 1.82) is 0 Å². The van der Waals surface area contributed by atoms with E-state index in [1.165, 1.54) is 0 Å². The molecular weight excluding hydrogens is 226 g/mol. The first-order chi connectivity index (χ1) is 7.69. The molecular formula is C12H22ClNO2. The molecule has 1 fully saturated rings. The number of methoxy groups -OCH3 is 1. The SMILES string of the molecule is COC1CN(C(=O)CCCCCl)CCC1C. The van der Waals surface area contributed by atoms with E-state index >= 15 is 0 Å². The van der Waals surface area contributed by atoms with Crippen molar-refractivity contribution in [1.82, 2.24) is 4.90 Å². The van der Waals surface area contributed by atoms with Gasteiger partial charge in [0.05, 0.1) is 6.10 Å². The third-order valence-corrected chi connectivity index (χ3v) is 3.59. The largest absolute Gasteiger partial charge is 0.379 e. The molecule has 4 heteroatoms. The highest BCUT2D eigenvalue weighted by molar-refractivity contribution is 6.17. The van der Waals surface area contributed by atoms with Crippen molar-refractivity contribution in [2.45, 2.75) is 38.7 Å². The number of ether oxygens (including phenoxy) is 1. The number of hydrogen-bond donors (Lipinski definition) is 0. The second kappa shape index (κ2) is 7.13. The van der Waals surface area contributed by atoms with E-state index < -0.39 is 0 Å². The third kappa shape index (κ3) is 3.95. The van der Waals surface area contributed by atoms with Crippen LogP contribution in [0.2, 0.25) is 0 Å². The van der Waals surface area contributed by atoms with Crippen LogP contribution in [-0.2, 0) is 9.53 Å². The summed E-state index contributed by atoms with van der Waals surface area (Å²) in [6.45, 7) is 3.81. The summed E-state index contributed by atoms with van der Waals surface area (Å²) in [6.07, 6.45) is 3.68. The fourth-order valence-electron chi connectivity index (χ4n) is 2.10. The van der Waals surface area contributed by atoms with Crippen molar-refractivity contribution in [3.05, 3.63) is 0 Å². The predicted molar refractivity (Wildman–Crippen MR) is 65.7 cm³/mol. The van der Waals surface area contributed by atoms with Crippen LogP contribution in [0.25, 0.3) is 0 Å². The maximum Gasteiger partial charge on any atom is 0.222 e. The molecule has 0 aromatic rings. The summed E-state index contributed by atoms with van der Waals surface area (Å²) in [6, 6.07) is 0. The summed E-state index contributed by atoms with van der Waals surface area (Å²) >= 11 is 5.59. The molecule has 1 aliphatic heterocycles. The highest BCUT2D eigenvalue weighted by atomic mass is 35.5. The molecule has 0 saturated carbocycles. The van der Waals surface area contributed by atoms with Crippen LogP contribution in [-0.4, -0.2) is 43.0 Å². The van der Waals surface area contributed by atoms with Crippen LogP contribution in [0, 0.1) is 5.92 Å². The summed E-state index contributed by atoms with van der Waals surface area (Å²) in [4.78, 5) is 13.8. The normalized spacial score (nSPS) is 25.8.